The number of aromatic carboxylic acids is 2. The van der Waals surface area contributed by atoms with Crippen LogP contribution in [0, 0.1) is 0 Å². The number of carboxylic acids is 2. The van der Waals surface area contributed by atoms with Gasteiger partial charge in [0.1, 0.15) is 0 Å². The highest BCUT2D eigenvalue weighted by atomic mass is 16.5. The summed E-state index contributed by atoms with van der Waals surface area (Å²) in [6.07, 6.45) is 2.67. The minimum absolute atomic E-state index is 0.153. The first-order valence-corrected chi connectivity index (χ1v) is 13.0. The number of hydrogen-bond donors (Lipinski definition) is 4. The normalized spacial score (nSPS) is 11.6. The second kappa shape index (κ2) is 10.4. The quantitative estimate of drug-likeness (QED) is 0.103. The highest BCUT2D eigenvalue weighted by molar-refractivity contribution is 6.40. The first kappa shape index (κ1) is 26.8. The minimum Gasteiger partial charge on any atom is -0.478 e. The predicted octanol–water partition coefficient (Wildman–Crippen LogP) is 5.08. The van der Waals surface area contributed by atoms with Gasteiger partial charge in [-0.15, -0.1) is 0 Å². The van der Waals surface area contributed by atoms with Crippen LogP contribution >= 0.6 is 0 Å². The third kappa shape index (κ3) is 4.15. The lowest BCUT2D eigenvalue weighted by molar-refractivity contribution is 0.0693. The smallest absolute Gasteiger partial charge is 0.337 e. The Labute approximate surface area is 228 Å². The average molecular weight is 541 g/mol. The number of benzene rings is 5. The molecule has 6 N–H and O–H groups in total. The molecular formula is C31H28N2O7. The van der Waals surface area contributed by atoms with Gasteiger partial charge in [0.15, 0.2) is 0 Å². The van der Waals surface area contributed by atoms with Gasteiger partial charge in [0.05, 0.1) is 22.3 Å². The van der Waals surface area contributed by atoms with Crippen LogP contribution in [0.2, 0.25) is 0 Å². The van der Waals surface area contributed by atoms with E-state index in [9.17, 15) is 29.4 Å². The number of ether oxygens (including phenoxy) is 1. The molecule has 0 heterocycles. The molecule has 5 aromatic carbocycles. The molecule has 40 heavy (non-hydrogen) atoms. The SMILES string of the molecule is CCCCOCCCc1cc2c3cccc4cccc(c5c(C(N)=O)c(C(N)=O)c(C(=O)O)c(c1C(=O)O)c25)c43. The molecule has 204 valence electrons. The largest absolute Gasteiger partial charge is 0.478 e. The fourth-order valence-electron chi connectivity index (χ4n) is 5.87. The van der Waals surface area contributed by atoms with Crippen molar-refractivity contribution in [1.29, 1.82) is 0 Å². The minimum atomic E-state index is -1.59. The maximum atomic E-state index is 12.9. The van der Waals surface area contributed by atoms with Crippen molar-refractivity contribution in [2.75, 3.05) is 13.2 Å². The van der Waals surface area contributed by atoms with Crippen molar-refractivity contribution < 1.29 is 34.1 Å². The molecule has 9 heteroatoms. The number of hydrogen-bond acceptors (Lipinski definition) is 5. The fourth-order valence-corrected chi connectivity index (χ4v) is 5.87. The van der Waals surface area contributed by atoms with Gasteiger partial charge >= 0.3 is 11.9 Å². The molecule has 0 bridgehead atoms. The lowest BCUT2D eigenvalue weighted by Crippen LogP contribution is -2.25. The number of fused-ring (bicyclic) bond motifs is 2. The van der Waals surface area contributed by atoms with Gasteiger partial charge in [-0.3, -0.25) is 9.59 Å². The topological polar surface area (TPSA) is 170 Å². The monoisotopic (exact) mass is 540 g/mol. The van der Waals surface area contributed by atoms with E-state index in [-0.39, 0.29) is 33.7 Å². The number of amides is 2. The van der Waals surface area contributed by atoms with E-state index in [0.29, 0.717) is 36.0 Å². The van der Waals surface area contributed by atoms with Crippen molar-refractivity contribution in [2.45, 2.75) is 32.6 Å². The molecule has 0 aromatic heterocycles. The number of aryl methyl sites for hydroxylation is 1. The number of carbonyl (C=O) groups is 4. The molecule has 0 aliphatic rings. The van der Waals surface area contributed by atoms with Gasteiger partial charge in [0.2, 0.25) is 11.8 Å². The molecule has 0 aliphatic carbocycles. The molecule has 0 aliphatic heterocycles. The first-order valence-electron chi connectivity index (χ1n) is 13.0. The molecule has 0 spiro atoms. The Balaban J connectivity index is 2.02. The maximum Gasteiger partial charge on any atom is 0.337 e. The van der Waals surface area contributed by atoms with Crippen molar-refractivity contribution in [3.8, 4) is 0 Å². The Hall–Kier alpha value is -4.76. The summed E-state index contributed by atoms with van der Waals surface area (Å²) in [5.74, 6) is -5.18. The number of rotatable bonds is 11. The van der Waals surface area contributed by atoms with E-state index in [1.807, 2.05) is 24.3 Å². The predicted molar refractivity (Wildman–Crippen MR) is 153 cm³/mol. The van der Waals surface area contributed by atoms with Crippen LogP contribution in [0.3, 0.4) is 0 Å². The van der Waals surface area contributed by atoms with Crippen LogP contribution in [-0.2, 0) is 11.2 Å². The zero-order valence-electron chi connectivity index (χ0n) is 21.9. The second-order valence-electron chi connectivity index (χ2n) is 9.83. The zero-order valence-corrected chi connectivity index (χ0v) is 21.9. The number of nitrogens with two attached hydrogens (primary N) is 2. The maximum absolute atomic E-state index is 12.9. The number of carboxylic acid groups (broad SMARTS) is 2. The van der Waals surface area contributed by atoms with Crippen LogP contribution in [0.25, 0.3) is 43.1 Å². The van der Waals surface area contributed by atoms with E-state index in [4.69, 9.17) is 16.2 Å². The second-order valence-corrected chi connectivity index (χ2v) is 9.83. The molecule has 0 fully saturated rings. The zero-order chi connectivity index (χ0) is 28.7. The molecule has 0 atom stereocenters. The van der Waals surface area contributed by atoms with Gasteiger partial charge in [0, 0.05) is 24.0 Å². The van der Waals surface area contributed by atoms with Crippen molar-refractivity contribution in [1.82, 2.24) is 0 Å². The van der Waals surface area contributed by atoms with Crippen LogP contribution in [0.4, 0.5) is 0 Å². The summed E-state index contributed by atoms with van der Waals surface area (Å²) >= 11 is 0. The van der Waals surface area contributed by atoms with Gasteiger partial charge < -0.3 is 26.4 Å². The third-order valence-electron chi connectivity index (χ3n) is 7.42. The number of unbranched alkanes of at least 4 members (excludes halogenated alkanes) is 1. The van der Waals surface area contributed by atoms with E-state index >= 15 is 0 Å². The molecule has 2 amide bonds. The Morgan fingerprint density at radius 1 is 0.700 bits per heavy atom. The summed E-state index contributed by atoms with van der Waals surface area (Å²) in [6, 6.07) is 12.8. The van der Waals surface area contributed by atoms with Crippen LogP contribution in [0.15, 0.2) is 42.5 Å². The Morgan fingerprint density at radius 3 is 1.93 bits per heavy atom. The Bertz CT molecular complexity index is 1850. The van der Waals surface area contributed by atoms with Gasteiger partial charge in [-0.2, -0.15) is 0 Å². The lowest BCUT2D eigenvalue weighted by Gasteiger charge is -2.23. The fraction of sp³-hybridized carbons (Fsp3) is 0.226. The van der Waals surface area contributed by atoms with Gasteiger partial charge in [-0.05, 0) is 63.2 Å². The summed E-state index contributed by atoms with van der Waals surface area (Å²) in [6.45, 7) is 3.05. The van der Waals surface area contributed by atoms with Crippen molar-refractivity contribution in [2.24, 2.45) is 11.5 Å². The van der Waals surface area contributed by atoms with Crippen molar-refractivity contribution in [3.05, 3.63) is 70.3 Å². The van der Waals surface area contributed by atoms with E-state index < -0.39 is 34.9 Å². The standard InChI is InChI=1S/C31H28N2O7/c1-2-3-12-40-13-6-9-16-14-19-17-10-4-7-15-8-5-11-18(20(15)17)22-23(19)24(21(16)30(36)37)27(31(38)39)26(29(33)35)25(22)28(32)34/h4-5,7-8,10-11,14H,2-3,6,9,12-13H2,1H3,(H2,32,34)(H2,33,35)(H,36,37)(H,38,39). The average Bonchev–Trinajstić information content (AvgIpc) is 2.91. The highest BCUT2D eigenvalue weighted by Gasteiger charge is 2.33. The molecule has 9 nitrogen and oxygen atoms in total. The summed E-state index contributed by atoms with van der Waals surface area (Å²) in [4.78, 5) is 51.3. The molecule has 5 rings (SSSR count). The Kier molecular flexibility index (Phi) is 6.99. The molecule has 0 unspecified atom stereocenters. The van der Waals surface area contributed by atoms with Crippen molar-refractivity contribution >= 4 is 66.8 Å². The van der Waals surface area contributed by atoms with Gasteiger partial charge in [0.25, 0.3) is 0 Å². The van der Waals surface area contributed by atoms with Crippen LogP contribution in [-0.4, -0.2) is 47.2 Å². The lowest BCUT2D eigenvalue weighted by atomic mass is 9.79. The van der Waals surface area contributed by atoms with Crippen LogP contribution in [0.5, 0.6) is 0 Å². The summed E-state index contributed by atoms with van der Waals surface area (Å²) in [5, 5.41) is 24.6. The van der Waals surface area contributed by atoms with E-state index in [1.54, 1.807) is 18.2 Å². The third-order valence-corrected chi connectivity index (χ3v) is 7.42. The summed E-state index contributed by atoms with van der Waals surface area (Å²) in [7, 11) is 0. The molecule has 5 aromatic rings. The summed E-state index contributed by atoms with van der Waals surface area (Å²) < 4.78 is 5.66. The van der Waals surface area contributed by atoms with Gasteiger partial charge in [-0.1, -0.05) is 49.7 Å². The van der Waals surface area contributed by atoms with Gasteiger partial charge in [-0.25, -0.2) is 9.59 Å². The van der Waals surface area contributed by atoms with Crippen LogP contribution in [0.1, 0.15) is 73.2 Å². The highest BCUT2D eigenvalue weighted by Crippen LogP contribution is 2.46. The Morgan fingerprint density at radius 2 is 1.32 bits per heavy atom. The number of primary amides is 2. The van der Waals surface area contributed by atoms with E-state index in [1.165, 1.54) is 0 Å². The molecular weight excluding hydrogens is 512 g/mol. The van der Waals surface area contributed by atoms with Crippen molar-refractivity contribution in [3.63, 3.8) is 0 Å². The van der Waals surface area contributed by atoms with E-state index in [0.717, 1.165) is 29.0 Å². The number of carbonyl (C=O) groups excluding carboxylic acids is 2. The van der Waals surface area contributed by atoms with Crippen LogP contribution < -0.4 is 11.5 Å². The first-order chi connectivity index (χ1) is 19.2. The molecule has 0 radical (unpaired) electrons. The van der Waals surface area contributed by atoms with E-state index in [2.05, 4.69) is 6.92 Å². The molecule has 0 saturated carbocycles. The molecule has 0 saturated heterocycles. The summed E-state index contributed by atoms with van der Waals surface area (Å²) in [5.41, 5.74) is 10.0.